The van der Waals surface area contributed by atoms with Gasteiger partial charge in [-0.3, -0.25) is 4.72 Å². The second-order valence-electron chi connectivity index (χ2n) is 4.51. The molecule has 23 heavy (non-hydrogen) atoms. The molecule has 2 aromatic carbocycles. The van der Waals surface area contributed by atoms with E-state index in [0.29, 0.717) is 17.0 Å². The maximum absolute atomic E-state index is 12.9. The highest BCUT2D eigenvalue weighted by molar-refractivity contribution is 7.96. The van der Waals surface area contributed by atoms with Crippen molar-refractivity contribution in [2.75, 3.05) is 11.8 Å². The first kappa shape index (κ1) is 16.5. The molecule has 0 fully saturated rings. The molecule has 0 unspecified atom stereocenters. The van der Waals surface area contributed by atoms with Gasteiger partial charge in [0.05, 0.1) is 7.11 Å². The number of nitrogens with zero attached hydrogens (tertiary/aromatic N) is 1. The number of hydrogen-bond acceptors (Lipinski definition) is 4. The molecular weight excluding hydrogens is 319 g/mol. The zero-order valence-corrected chi connectivity index (χ0v) is 13.0. The number of allylic oxidation sites excluding steroid dienone is 1. The van der Waals surface area contributed by atoms with E-state index < -0.39 is 20.7 Å². The van der Waals surface area contributed by atoms with Gasteiger partial charge in [0, 0.05) is 5.69 Å². The number of sulfonamides is 1. The van der Waals surface area contributed by atoms with Crippen molar-refractivity contribution in [2.24, 2.45) is 0 Å². The van der Waals surface area contributed by atoms with Crippen LogP contribution in [0.5, 0.6) is 5.75 Å². The minimum Gasteiger partial charge on any atom is -0.497 e. The summed E-state index contributed by atoms with van der Waals surface area (Å²) in [7, 11) is -2.54. The molecule has 0 atom stereocenters. The van der Waals surface area contributed by atoms with Crippen LogP contribution in [0.25, 0.3) is 6.08 Å². The van der Waals surface area contributed by atoms with E-state index in [4.69, 9.17) is 10.00 Å². The van der Waals surface area contributed by atoms with Crippen LogP contribution >= 0.6 is 0 Å². The molecule has 7 heteroatoms. The van der Waals surface area contributed by atoms with Gasteiger partial charge in [0.25, 0.3) is 10.0 Å². The Kier molecular flexibility index (Phi) is 4.98. The van der Waals surface area contributed by atoms with Crippen LogP contribution in [0.4, 0.5) is 10.1 Å². The molecule has 0 spiro atoms. The fraction of sp³-hybridized carbons (Fsp3) is 0.0625. The zero-order chi connectivity index (χ0) is 16.9. The van der Waals surface area contributed by atoms with Crippen LogP contribution in [0.2, 0.25) is 0 Å². The number of methoxy groups -OCH3 is 1. The Balaban J connectivity index is 2.28. The highest BCUT2D eigenvalue weighted by Gasteiger charge is 2.17. The second kappa shape index (κ2) is 6.94. The van der Waals surface area contributed by atoms with E-state index in [2.05, 4.69) is 4.72 Å². The SMILES string of the molecule is COc1ccc(NS(=O)(=O)/C(C#N)=C/c2ccc(F)cc2)cc1. The maximum atomic E-state index is 12.9. The van der Waals surface area contributed by atoms with Crippen molar-refractivity contribution < 1.29 is 17.5 Å². The third-order valence-corrected chi connectivity index (χ3v) is 4.20. The van der Waals surface area contributed by atoms with Gasteiger partial charge in [-0.1, -0.05) is 12.1 Å². The van der Waals surface area contributed by atoms with Crippen molar-refractivity contribution in [1.29, 1.82) is 5.26 Å². The first-order chi connectivity index (χ1) is 10.9. The van der Waals surface area contributed by atoms with E-state index in [-0.39, 0.29) is 0 Å². The summed E-state index contributed by atoms with van der Waals surface area (Å²) in [4.78, 5) is -0.472. The van der Waals surface area contributed by atoms with Crippen LogP contribution in [-0.2, 0) is 10.0 Å². The Bertz CT molecular complexity index is 852. The van der Waals surface area contributed by atoms with E-state index in [9.17, 15) is 12.8 Å². The quantitative estimate of drug-likeness (QED) is 0.853. The molecule has 5 nitrogen and oxygen atoms in total. The molecule has 118 valence electrons. The number of ether oxygens (including phenoxy) is 1. The lowest BCUT2D eigenvalue weighted by atomic mass is 10.2. The summed E-state index contributed by atoms with van der Waals surface area (Å²) in [5.74, 6) is 0.134. The smallest absolute Gasteiger partial charge is 0.272 e. The number of hydrogen-bond donors (Lipinski definition) is 1. The van der Waals surface area contributed by atoms with Gasteiger partial charge in [0.1, 0.15) is 17.6 Å². The van der Waals surface area contributed by atoms with Gasteiger partial charge >= 0.3 is 0 Å². The summed E-state index contributed by atoms with van der Waals surface area (Å²) >= 11 is 0. The predicted octanol–water partition coefficient (Wildman–Crippen LogP) is 3.14. The second-order valence-corrected chi connectivity index (χ2v) is 6.16. The summed E-state index contributed by atoms with van der Waals surface area (Å²) in [6.07, 6.45) is 1.17. The van der Waals surface area contributed by atoms with Crippen molar-refractivity contribution in [1.82, 2.24) is 0 Å². The largest absolute Gasteiger partial charge is 0.497 e. The van der Waals surface area contributed by atoms with Crippen LogP contribution in [0.3, 0.4) is 0 Å². The van der Waals surface area contributed by atoms with Crippen LogP contribution in [0.1, 0.15) is 5.56 Å². The average Bonchev–Trinajstić information content (AvgIpc) is 2.54. The van der Waals surface area contributed by atoms with Crippen molar-refractivity contribution in [3.05, 3.63) is 64.8 Å². The van der Waals surface area contributed by atoms with Gasteiger partial charge in [0.15, 0.2) is 4.91 Å². The molecular formula is C16H13FN2O3S. The molecule has 0 amide bonds. The lowest BCUT2D eigenvalue weighted by Gasteiger charge is -2.08. The molecule has 1 N–H and O–H groups in total. The first-order valence-electron chi connectivity index (χ1n) is 6.49. The monoisotopic (exact) mass is 332 g/mol. The molecule has 0 bridgehead atoms. The molecule has 0 heterocycles. The molecule has 0 aromatic heterocycles. The molecule has 0 aliphatic rings. The standard InChI is InChI=1S/C16H13FN2O3S/c1-22-15-8-6-14(7-9-15)19-23(20,21)16(11-18)10-12-2-4-13(17)5-3-12/h2-10,19H,1H3/b16-10+. The minimum atomic E-state index is -4.04. The highest BCUT2D eigenvalue weighted by atomic mass is 32.2. The Morgan fingerprint density at radius 3 is 2.30 bits per heavy atom. The first-order valence-corrected chi connectivity index (χ1v) is 7.97. The van der Waals surface area contributed by atoms with Gasteiger partial charge in [-0.15, -0.1) is 0 Å². The van der Waals surface area contributed by atoms with Crippen molar-refractivity contribution in [2.45, 2.75) is 0 Å². The van der Waals surface area contributed by atoms with E-state index in [1.807, 2.05) is 0 Å². The molecule has 0 aliphatic heterocycles. The molecule has 0 saturated heterocycles. The molecule has 2 aromatic rings. The lowest BCUT2D eigenvalue weighted by Crippen LogP contribution is -2.14. The summed E-state index contributed by atoms with van der Waals surface area (Å²) in [5.41, 5.74) is 0.703. The third kappa shape index (κ3) is 4.31. The highest BCUT2D eigenvalue weighted by Crippen LogP contribution is 2.19. The van der Waals surface area contributed by atoms with Crippen molar-refractivity contribution in [3.8, 4) is 11.8 Å². The van der Waals surface area contributed by atoms with Gasteiger partial charge in [-0.05, 0) is 48.0 Å². The van der Waals surface area contributed by atoms with Gasteiger partial charge in [-0.2, -0.15) is 5.26 Å². The van der Waals surface area contributed by atoms with Crippen LogP contribution in [0.15, 0.2) is 53.4 Å². The summed E-state index contributed by atoms with van der Waals surface area (Å²) in [5, 5.41) is 9.11. The normalized spacial score (nSPS) is 11.6. The van der Waals surface area contributed by atoms with Gasteiger partial charge in [0.2, 0.25) is 0 Å². The summed E-state index contributed by atoms with van der Waals surface area (Å²) < 4.78 is 44.7. The van der Waals surface area contributed by atoms with Gasteiger partial charge < -0.3 is 4.74 Å². The maximum Gasteiger partial charge on any atom is 0.272 e. The third-order valence-electron chi connectivity index (χ3n) is 2.91. The average molecular weight is 332 g/mol. The Hall–Kier alpha value is -2.85. The van der Waals surface area contributed by atoms with Crippen LogP contribution in [-0.4, -0.2) is 15.5 Å². The van der Waals surface area contributed by atoms with Crippen molar-refractivity contribution >= 4 is 21.8 Å². The fourth-order valence-electron chi connectivity index (χ4n) is 1.75. The minimum absolute atomic E-state index is 0.297. The van der Waals surface area contributed by atoms with E-state index in [1.165, 1.54) is 49.6 Å². The number of halogens is 1. The topological polar surface area (TPSA) is 79.2 Å². The Morgan fingerprint density at radius 1 is 1.17 bits per heavy atom. The van der Waals surface area contributed by atoms with Gasteiger partial charge in [-0.25, -0.2) is 12.8 Å². The van der Waals surface area contributed by atoms with Crippen LogP contribution < -0.4 is 9.46 Å². The summed E-state index contributed by atoms with van der Waals surface area (Å²) in [6, 6.07) is 13.0. The molecule has 2 rings (SSSR count). The summed E-state index contributed by atoms with van der Waals surface area (Å²) in [6.45, 7) is 0. The number of rotatable bonds is 5. The number of nitriles is 1. The number of nitrogens with one attached hydrogen (secondary N) is 1. The van der Waals surface area contributed by atoms with Crippen molar-refractivity contribution in [3.63, 3.8) is 0 Å². The molecule has 0 saturated carbocycles. The van der Waals surface area contributed by atoms with E-state index >= 15 is 0 Å². The number of anilines is 1. The zero-order valence-electron chi connectivity index (χ0n) is 12.2. The Labute approximate surface area is 133 Å². The Morgan fingerprint density at radius 2 is 1.78 bits per heavy atom. The fourth-order valence-corrected chi connectivity index (χ4v) is 2.72. The van der Waals surface area contributed by atoms with E-state index in [0.717, 1.165) is 0 Å². The molecule has 0 aliphatic carbocycles. The number of benzene rings is 2. The van der Waals surface area contributed by atoms with E-state index in [1.54, 1.807) is 18.2 Å². The predicted molar refractivity (Wildman–Crippen MR) is 85.5 cm³/mol. The lowest BCUT2D eigenvalue weighted by molar-refractivity contribution is 0.415. The molecule has 0 radical (unpaired) electrons. The van der Waals surface area contributed by atoms with Crippen LogP contribution in [0, 0.1) is 17.1 Å².